The average Bonchev–Trinajstić information content (AvgIpc) is 2.32. The minimum absolute atomic E-state index is 0.476. The van der Waals surface area contributed by atoms with Gasteiger partial charge in [-0.15, -0.1) is 0 Å². The van der Waals surface area contributed by atoms with Gasteiger partial charge in [0.05, 0.1) is 0 Å². The Balaban J connectivity index is 2.64. The van der Waals surface area contributed by atoms with Crippen LogP contribution < -0.4 is 3.71 Å². The quantitative estimate of drug-likeness (QED) is 0.652. The molecule has 0 atom stereocenters. The van der Waals surface area contributed by atoms with Crippen LogP contribution >= 0.6 is 24.0 Å². The molecule has 0 aliphatic rings. The van der Waals surface area contributed by atoms with E-state index in [1.54, 1.807) is 11.3 Å². The number of hydrogen-bond acceptors (Lipinski definition) is 3. The van der Waals surface area contributed by atoms with Crippen molar-refractivity contribution in [3.8, 4) is 0 Å². The Kier molecular flexibility index (Phi) is 3.92. The number of thiol groups is 1. The molecule has 0 unspecified atom stereocenters. The maximum atomic E-state index is 4.53. The van der Waals surface area contributed by atoms with E-state index in [0.717, 1.165) is 5.75 Å². The second-order valence-electron chi connectivity index (χ2n) is 3.66. The molecule has 0 spiro atoms. The van der Waals surface area contributed by atoms with Crippen molar-refractivity contribution in [2.75, 3.05) is 0 Å². The van der Waals surface area contributed by atoms with Crippen molar-refractivity contribution in [1.29, 1.82) is 0 Å². The van der Waals surface area contributed by atoms with Gasteiger partial charge in [-0.25, -0.2) is 0 Å². The van der Waals surface area contributed by atoms with E-state index >= 15 is 0 Å². The van der Waals surface area contributed by atoms with Gasteiger partial charge in [0.15, 0.2) is 0 Å². The maximum absolute atomic E-state index is 4.53. The third-order valence-electron chi connectivity index (χ3n) is 1.19. The predicted molar refractivity (Wildman–Crippen MR) is 59.9 cm³/mol. The van der Waals surface area contributed by atoms with Crippen LogP contribution in [-0.4, -0.2) is 26.1 Å². The molecule has 1 aromatic heterocycles. The van der Waals surface area contributed by atoms with Crippen LogP contribution in [0.3, 0.4) is 0 Å². The molecule has 12 heavy (non-hydrogen) atoms. The third-order valence-corrected chi connectivity index (χ3v) is 6.75. The summed E-state index contributed by atoms with van der Waals surface area (Å²) in [6.07, 6.45) is 0. The van der Waals surface area contributed by atoms with E-state index in [-0.39, 0.29) is 0 Å². The summed E-state index contributed by atoms with van der Waals surface area (Å²) in [6, 6.07) is 0. The molecule has 1 nitrogen and oxygen atoms in total. The average molecular weight is 306 g/mol. The van der Waals surface area contributed by atoms with Gasteiger partial charge in [-0.05, 0) is 0 Å². The van der Waals surface area contributed by atoms with Gasteiger partial charge in [-0.3, -0.25) is 0 Å². The van der Waals surface area contributed by atoms with Gasteiger partial charge >= 0.3 is 94.1 Å². The molecular formula is C8H13NS2Sn. The Labute approximate surface area is 93.6 Å². The van der Waals surface area contributed by atoms with Crippen LogP contribution in [0.15, 0.2) is 5.38 Å². The standard InChI is InChI=1S/C4H4NS2.C4H9.Sn/c6-3-4-5-1-2-7-4;1-4(2)3;/h2,6H,3H2;1-3H3;. The van der Waals surface area contributed by atoms with Crippen molar-refractivity contribution >= 4 is 48.8 Å². The van der Waals surface area contributed by atoms with Crippen LogP contribution in [0.2, 0.25) is 3.43 Å². The Morgan fingerprint density at radius 1 is 1.58 bits per heavy atom. The van der Waals surface area contributed by atoms with Gasteiger partial charge in [0.25, 0.3) is 0 Å². The molecule has 0 fully saturated rings. The summed E-state index contributed by atoms with van der Waals surface area (Å²) >= 11 is 5.47. The Hall–Kier alpha value is 0.779. The molecule has 66 valence electrons. The normalized spacial score (nSPS) is 12.0. The van der Waals surface area contributed by atoms with E-state index in [1.165, 1.54) is 8.72 Å². The first-order valence-corrected chi connectivity index (χ1v) is 8.21. The first-order valence-electron chi connectivity index (χ1n) is 3.85. The van der Waals surface area contributed by atoms with E-state index in [2.05, 4.69) is 43.8 Å². The Morgan fingerprint density at radius 2 is 2.25 bits per heavy atom. The topological polar surface area (TPSA) is 12.9 Å². The molecule has 0 aromatic carbocycles. The van der Waals surface area contributed by atoms with Gasteiger partial charge in [-0.2, -0.15) is 0 Å². The molecule has 1 heterocycles. The fraction of sp³-hybridized carbons (Fsp3) is 0.625. The third kappa shape index (κ3) is 3.66. The predicted octanol–water partition coefficient (Wildman–Crippen LogP) is 2.12. The summed E-state index contributed by atoms with van der Waals surface area (Å²) in [7, 11) is 0. The van der Waals surface area contributed by atoms with Gasteiger partial charge in [0.2, 0.25) is 0 Å². The summed E-state index contributed by atoms with van der Waals surface area (Å²) in [5.74, 6) is 0.786. The second-order valence-corrected chi connectivity index (χ2v) is 11.4. The van der Waals surface area contributed by atoms with E-state index < -0.39 is 21.1 Å². The zero-order chi connectivity index (χ0) is 9.19. The Bertz CT molecular complexity index is 252. The van der Waals surface area contributed by atoms with Crippen molar-refractivity contribution < 1.29 is 0 Å². The van der Waals surface area contributed by atoms with E-state index in [9.17, 15) is 0 Å². The molecule has 2 radical (unpaired) electrons. The van der Waals surface area contributed by atoms with Gasteiger partial charge in [-0.1, -0.05) is 0 Å². The van der Waals surface area contributed by atoms with Crippen LogP contribution in [0.5, 0.6) is 0 Å². The van der Waals surface area contributed by atoms with Crippen molar-refractivity contribution in [2.24, 2.45) is 0 Å². The molecular weight excluding hydrogens is 293 g/mol. The molecule has 0 aliphatic heterocycles. The van der Waals surface area contributed by atoms with Crippen molar-refractivity contribution in [3.05, 3.63) is 10.4 Å². The van der Waals surface area contributed by atoms with Crippen LogP contribution in [0.1, 0.15) is 25.8 Å². The molecule has 0 N–H and O–H groups in total. The van der Waals surface area contributed by atoms with Gasteiger partial charge in [0, 0.05) is 0 Å². The van der Waals surface area contributed by atoms with Gasteiger partial charge < -0.3 is 0 Å². The number of rotatable bonds is 2. The zero-order valence-corrected chi connectivity index (χ0v) is 12.2. The van der Waals surface area contributed by atoms with Crippen LogP contribution in [0, 0.1) is 0 Å². The molecule has 1 aromatic rings. The molecule has 0 aliphatic carbocycles. The molecule has 4 heteroatoms. The summed E-state index contributed by atoms with van der Waals surface area (Å²) in [5.41, 5.74) is 0. The van der Waals surface area contributed by atoms with E-state index in [0.29, 0.717) is 3.43 Å². The number of thiazole rings is 1. The van der Waals surface area contributed by atoms with E-state index in [4.69, 9.17) is 0 Å². The van der Waals surface area contributed by atoms with Crippen molar-refractivity contribution in [1.82, 2.24) is 4.98 Å². The fourth-order valence-corrected chi connectivity index (χ4v) is 5.68. The Morgan fingerprint density at radius 3 is 2.67 bits per heavy atom. The first kappa shape index (κ1) is 10.9. The van der Waals surface area contributed by atoms with Gasteiger partial charge in [0.1, 0.15) is 0 Å². The van der Waals surface area contributed by atoms with E-state index in [1.807, 2.05) is 0 Å². The monoisotopic (exact) mass is 307 g/mol. The molecule has 1 rings (SSSR count). The summed E-state index contributed by atoms with van der Waals surface area (Å²) in [4.78, 5) is 4.53. The fourth-order valence-electron chi connectivity index (χ4n) is 0.825. The SMILES string of the molecule is C[C](C)(C)[Sn][c]1csc(CS)n1. The van der Waals surface area contributed by atoms with Crippen LogP contribution in [-0.2, 0) is 5.75 Å². The summed E-state index contributed by atoms with van der Waals surface area (Å²) in [5, 5.41) is 3.38. The summed E-state index contributed by atoms with van der Waals surface area (Å²) < 4.78 is 1.88. The number of aromatic nitrogens is 1. The zero-order valence-electron chi connectivity index (χ0n) is 7.59. The minimum atomic E-state index is -0.476. The molecule has 0 saturated heterocycles. The summed E-state index contributed by atoms with van der Waals surface area (Å²) in [6.45, 7) is 6.91. The van der Waals surface area contributed by atoms with Crippen LogP contribution in [0.25, 0.3) is 0 Å². The number of hydrogen-bond donors (Lipinski definition) is 1. The molecule has 0 bridgehead atoms. The molecule has 0 amide bonds. The van der Waals surface area contributed by atoms with Crippen molar-refractivity contribution in [2.45, 2.75) is 30.0 Å². The van der Waals surface area contributed by atoms with Crippen LogP contribution in [0.4, 0.5) is 0 Å². The van der Waals surface area contributed by atoms with Crippen molar-refractivity contribution in [3.63, 3.8) is 0 Å². The first-order chi connectivity index (χ1) is 5.51. The number of nitrogens with zero attached hydrogens (tertiary/aromatic N) is 1. The second kappa shape index (κ2) is 4.33. The molecule has 0 saturated carbocycles.